The van der Waals surface area contributed by atoms with E-state index in [0.29, 0.717) is 4.90 Å². The Labute approximate surface area is 378 Å². The van der Waals surface area contributed by atoms with Crippen LogP contribution in [-0.4, -0.2) is 0 Å². The minimum Gasteiger partial charge on any atom is -0.453 e. The number of benzene rings is 8. The third kappa shape index (κ3) is 4.50. The third-order valence-electron chi connectivity index (χ3n) is 9.24. The van der Waals surface area contributed by atoms with E-state index in [1.54, 1.807) is 0 Å². The second-order valence-corrected chi connectivity index (χ2v) is 12.3. The lowest BCUT2D eigenvalue weighted by Crippen LogP contribution is -2.33. The molecule has 3 aliphatic rings. The fourth-order valence-corrected chi connectivity index (χ4v) is 6.90. The van der Waals surface area contributed by atoms with Gasteiger partial charge in [0.05, 0.1) is 55.4 Å². The smallest absolute Gasteiger partial charge is 0.152 e. The van der Waals surface area contributed by atoms with E-state index in [2.05, 4.69) is 0 Å². The lowest BCUT2D eigenvalue weighted by atomic mass is 9.70. The number of para-hydroxylation sites is 2. The summed E-state index contributed by atoms with van der Waals surface area (Å²) in [6, 6.07) is -36.9. The van der Waals surface area contributed by atoms with Crippen molar-refractivity contribution in [2.24, 2.45) is 0 Å². The molecule has 0 bridgehead atoms. The van der Waals surface area contributed by atoms with Gasteiger partial charge in [-0.15, -0.1) is 0 Å². The number of fused-ring (bicyclic) bond motifs is 9. The Morgan fingerprint density at radius 1 is 0.509 bits per heavy atom. The largest absolute Gasteiger partial charge is 0.453 e. The number of nitrogens with zero attached hydrogens (tertiary/aromatic N) is 2. The highest BCUT2D eigenvalue weighted by Crippen LogP contribution is 2.62. The van der Waals surface area contributed by atoms with Gasteiger partial charge in [0.15, 0.2) is 11.5 Å². The molecule has 55 heavy (non-hydrogen) atoms. The van der Waals surface area contributed by atoms with Gasteiger partial charge in [0.25, 0.3) is 0 Å². The molecular formula is C52H40N2O. The first-order chi connectivity index (χ1) is 43.5. The van der Waals surface area contributed by atoms with E-state index in [0.717, 1.165) is 0 Å². The third-order valence-corrected chi connectivity index (χ3v) is 9.24. The molecule has 0 saturated carbocycles. The fourth-order valence-electron chi connectivity index (χ4n) is 6.90. The van der Waals surface area contributed by atoms with Crippen LogP contribution in [-0.2, 0) is 10.8 Å². The van der Waals surface area contributed by atoms with Crippen LogP contribution < -0.4 is 14.5 Å². The summed E-state index contributed by atoms with van der Waals surface area (Å²) in [6.45, 7) is -16.8. The van der Waals surface area contributed by atoms with Crippen molar-refractivity contribution in [2.75, 3.05) is 9.80 Å². The highest BCUT2D eigenvalue weighted by atomic mass is 16.5. The van der Waals surface area contributed by atoms with E-state index in [9.17, 15) is 28.8 Å². The Balaban J connectivity index is 1.38. The summed E-state index contributed by atoms with van der Waals surface area (Å²) in [7, 11) is 0. The first-order valence-corrected chi connectivity index (χ1v) is 16.0. The summed E-state index contributed by atoms with van der Waals surface area (Å²) >= 11 is 0. The van der Waals surface area contributed by atoms with E-state index in [4.69, 9.17) is 30.8 Å². The minimum atomic E-state index is -4.30. The summed E-state index contributed by atoms with van der Waals surface area (Å²) in [5.74, 6) is -2.03. The van der Waals surface area contributed by atoms with Crippen LogP contribution in [0, 0.1) is 0 Å². The molecule has 264 valence electrons. The Bertz CT molecular complexity index is 4840. The second kappa shape index (κ2) is 11.5. The van der Waals surface area contributed by atoms with Crippen molar-refractivity contribution in [1.29, 1.82) is 0 Å². The van der Waals surface area contributed by atoms with Crippen molar-refractivity contribution in [2.45, 2.75) is 38.2 Å². The molecule has 2 aliphatic heterocycles. The van der Waals surface area contributed by atoms with Crippen LogP contribution in [0.15, 0.2) is 169 Å². The molecule has 0 amide bonds. The normalized spacial score (nSPS) is 26.2. The molecule has 8 aromatic carbocycles. The SMILES string of the molecule is [2H]c1c([2H])c([2H])c(N(c2c([2H])c([2H])c(-c3c([2H])c([2H])c([2H])c4c3C(C([2H])([2H])[2H])(C([2H])([2H])[2H])c3c([2H])c([2H])c([2H])c5c3N4c3c(c([2H])c([2H])c4c([2H])c([2H])c([2H])c([2H])c34)O5)c([2H])c2[2H])c2c([2H])c([2H])c3c(c2[2H])C(C([2H])([2H])[2H])(C([2H])([2H])[2H])c2c([2H])c([2H])c([2H])c([2H])c2-3)c([2H])c1[2H]. The van der Waals surface area contributed by atoms with Gasteiger partial charge in [-0.1, -0.05) is 142 Å². The average molecular weight is 749 g/mol. The maximum atomic E-state index is 10.0. The van der Waals surface area contributed by atoms with Crippen LogP contribution in [0.3, 0.4) is 0 Å². The Kier molecular flexibility index (Phi) is 2.34. The van der Waals surface area contributed by atoms with Gasteiger partial charge in [-0.2, -0.15) is 0 Å². The fraction of sp³-hybridized carbons (Fsp3) is 0.115. The predicted molar refractivity (Wildman–Crippen MR) is 229 cm³/mol. The average Bonchev–Trinajstić information content (AvgIpc) is 0.840. The van der Waals surface area contributed by atoms with Crippen LogP contribution >= 0.6 is 0 Å². The molecular weight excluding hydrogens is 669 g/mol. The molecule has 0 fully saturated rings. The van der Waals surface area contributed by atoms with Crippen LogP contribution in [0.1, 0.15) is 104 Å². The Morgan fingerprint density at radius 2 is 1.18 bits per heavy atom. The number of hydrogen-bond donors (Lipinski definition) is 0. The summed E-state index contributed by atoms with van der Waals surface area (Å²) < 4.78 is 374. The molecule has 0 aromatic heterocycles. The molecule has 8 aromatic rings. The maximum Gasteiger partial charge on any atom is 0.152 e. The topological polar surface area (TPSA) is 15.7 Å². The summed E-state index contributed by atoms with van der Waals surface area (Å²) in [6.07, 6.45) is 0. The van der Waals surface area contributed by atoms with Crippen LogP contribution in [0.4, 0.5) is 34.1 Å². The lowest BCUT2D eigenvalue weighted by molar-refractivity contribution is 0.472. The van der Waals surface area contributed by atoms with Crippen molar-refractivity contribution in [3.8, 4) is 33.8 Å². The molecule has 0 radical (unpaired) electrons. The Morgan fingerprint density at radius 3 is 2.04 bits per heavy atom. The molecule has 2 heterocycles. The second-order valence-electron chi connectivity index (χ2n) is 12.3. The number of hydrogen-bond acceptors (Lipinski definition) is 3. The molecule has 0 N–H and O–H groups in total. The van der Waals surface area contributed by atoms with Crippen LogP contribution in [0.2, 0.25) is 0 Å². The van der Waals surface area contributed by atoms with Crippen molar-refractivity contribution >= 4 is 44.9 Å². The van der Waals surface area contributed by atoms with Crippen LogP contribution in [0.5, 0.6) is 11.5 Å². The number of anilines is 6. The monoisotopic (exact) mass is 749 g/mol. The lowest BCUT2D eigenvalue weighted by Gasteiger charge is -2.46. The van der Waals surface area contributed by atoms with E-state index in [1.165, 1.54) is 0 Å². The predicted octanol–water partition coefficient (Wildman–Crippen LogP) is 14.5. The maximum absolute atomic E-state index is 10.0. The molecule has 0 atom stereocenters. The van der Waals surface area contributed by atoms with Crippen LogP contribution in [0.25, 0.3) is 33.0 Å². The highest BCUT2D eigenvalue weighted by Gasteiger charge is 2.43. The molecule has 0 saturated heterocycles. The quantitative estimate of drug-likeness (QED) is 0.178. The zero-order valence-corrected chi connectivity index (χ0v) is 27.3. The molecule has 3 nitrogen and oxygen atoms in total. The first kappa shape index (κ1) is 11.2. The van der Waals surface area contributed by atoms with Gasteiger partial charge in [0.1, 0.15) is 0 Å². The number of rotatable bonds is 4. The summed E-state index contributed by atoms with van der Waals surface area (Å²) in [4.78, 5) is 0.607. The number of ether oxygens (including phenoxy) is 1. The molecule has 0 spiro atoms. The van der Waals surface area contributed by atoms with Gasteiger partial charge >= 0.3 is 0 Å². The standard InChI is InChI=1S/C52H40N2O/c1-51(2)42-20-11-10-18-40(42)41-30-29-37(32-44(41)51)53(35-15-6-5-7-16-35)36-27-24-34(25-28-36)38-19-12-22-45-48(38)52(3,4)43-21-13-23-46-50(43)54(45)49-39-17-9-8-14-33(39)26-31-47(49)55-46/h5-32H,1-4H3/i1D3,2D3,3D3,4D3,5D,6D,7D,8D,9D,10D,11D,12D,13D,14D,15D,16D,17D,18D,19D,20D,21D,22D,23D,24D,25D,26D,27D,28D,29D,30D,31D,32D. The van der Waals surface area contributed by atoms with Gasteiger partial charge in [-0.3, -0.25) is 0 Å². The first-order valence-electron chi connectivity index (χ1n) is 36.0. The zero-order chi connectivity index (χ0) is 71.4. The zero-order valence-electron chi connectivity index (χ0n) is 67.3. The van der Waals surface area contributed by atoms with E-state index >= 15 is 0 Å². The van der Waals surface area contributed by atoms with Gasteiger partial charge in [0, 0.05) is 49.7 Å². The van der Waals surface area contributed by atoms with Crippen molar-refractivity contribution < 1.29 is 59.6 Å². The molecule has 0 unspecified atom stereocenters. The summed E-state index contributed by atoms with van der Waals surface area (Å²) in [5, 5.41) is -1.60. The molecule has 1 aliphatic carbocycles. The van der Waals surface area contributed by atoms with Gasteiger partial charge < -0.3 is 14.5 Å². The van der Waals surface area contributed by atoms with Gasteiger partial charge in [-0.05, 0) is 104 Å². The Hall–Kier alpha value is -6.58. The van der Waals surface area contributed by atoms with Crippen molar-refractivity contribution in [3.05, 3.63) is 191 Å². The van der Waals surface area contributed by atoms with Gasteiger partial charge in [-0.25, -0.2) is 0 Å². The van der Waals surface area contributed by atoms with E-state index in [1.807, 2.05) is 0 Å². The summed E-state index contributed by atoms with van der Waals surface area (Å²) in [5.41, 5.74) is -26.1. The van der Waals surface area contributed by atoms with E-state index < -0.39 is 308 Å². The minimum absolute atomic E-state index is 0.0551. The van der Waals surface area contributed by atoms with Gasteiger partial charge in [0.2, 0.25) is 0 Å². The van der Waals surface area contributed by atoms with Crippen molar-refractivity contribution in [3.63, 3.8) is 0 Å². The molecule has 3 heteroatoms. The molecule has 11 rings (SSSR count). The van der Waals surface area contributed by atoms with Crippen molar-refractivity contribution in [1.82, 2.24) is 0 Å². The van der Waals surface area contributed by atoms with E-state index in [-0.39, 0.29) is 4.90 Å². The highest BCUT2D eigenvalue weighted by molar-refractivity contribution is 6.06.